The molecule has 0 bridgehead atoms. The topological polar surface area (TPSA) is 109 Å². The van der Waals surface area contributed by atoms with Gasteiger partial charge in [-0.1, -0.05) is 48.0 Å². The van der Waals surface area contributed by atoms with Crippen LogP contribution in [-0.2, 0) is 10.0 Å². The number of aromatic nitrogens is 3. The van der Waals surface area contributed by atoms with Crippen LogP contribution in [0.1, 0.15) is 29.2 Å². The number of carbonyl (C=O) groups is 1. The molecule has 2 N–H and O–H groups in total. The van der Waals surface area contributed by atoms with Crippen molar-refractivity contribution in [3.8, 4) is 22.3 Å². The quantitative estimate of drug-likeness (QED) is 0.334. The van der Waals surface area contributed by atoms with E-state index in [1.165, 1.54) is 25.4 Å². The molecule has 11 heteroatoms. The van der Waals surface area contributed by atoms with Gasteiger partial charge in [0.1, 0.15) is 4.90 Å². The lowest BCUT2D eigenvalue weighted by atomic mass is 10.0. The normalized spacial score (nSPS) is 14.5. The lowest BCUT2D eigenvalue weighted by Crippen LogP contribution is -2.43. The third-order valence-corrected chi connectivity index (χ3v) is 8.55. The van der Waals surface area contributed by atoms with E-state index in [9.17, 15) is 13.2 Å². The van der Waals surface area contributed by atoms with Crippen LogP contribution in [0.2, 0.25) is 5.02 Å². The molecular weight excluding hydrogens is 524 g/mol. The largest absolute Gasteiger partial charge is 0.317 e. The Hall–Kier alpha value is -3.57. The first-order valence-corrected chi connectivity index (χ1v) is 14.0. The van der Waals surface area contributed by atoms with Crippen LogP contribution in [0.5, 0.6) is 0 Å². The first kappa shape index (κ1) is 26.1. The highest BCUT2D eigenvalue weighted by Gasteiger charge is 2.25. The van der Waals surface area contributed by atoms with Crippen LogP contribution >= 0.6 is 11.6 Å². The monoisotopic (exact) mass is 550 g/mol. The maximum atomic E-state index is 13.2. The fourth-order valence-corrected chi connectivity index (χ4v) is 5.61. The van der Waals surface area contributed by atoms with E-state index in [1.807, 2.05) is 35.1 Å². The van der Waals surface area contributed by atoms with Crippen molar-refractivity contribution in [2.45, 2.75) is 23.8 Å². The molecule has 38 heavy (non-hydrogen) atoms. The minimum absolute atomic E-state index is 0.0516. The zero-order chi connectivity index (χ0) is 26.7. The summed E-state index contributed by atoms with van der Waals surface area (Å²) in [6.07, 6.45) is 8.92. The summed E-state index contributed by atoms with van der Waals surface area (Å²) in [6, 6.07) is 16.2. The van der Waals surface area contributed by atoms with Crippen LogP contribution in [0.25, 0.3) is 22.3 Å². The van der Waals surface area contributed by atoms with E-state index in [-0.39, 0.29) is 15.5 Å². The van der Waals surface area contributed by atoms with Crippen LogP contribution in [0.3, 0.4) is 0 Å². The van der Waals surface area contributed by atoms with E-state index in [1.54, 1.807) is 24.4 Å². The summed E-state index contributed by atoms with van der Waals surface area (Å²) < 4.78 is 29.1. The minimum atomic E-state index is -4.06. The van der Waals surface area contributed by atoms with Gasteiger partial charge in [0.25, 0.3) is 15.9 Å². The number of benzene rings is 2. The molecule has 1 amide bonds. The summed E-state index contributed by atoms with van der Waals surface area (Å²) in [6.45, 7) is 2.00. The Balaban J connectivity index is 1.32. The highest BCUT2D eigenvalue weighted by atomic mass is 35.5. The summed E-state index contributed by atoms with van der Waals surface area (Å²) >= 11 is 6.06. The van der Waals surface area contributed by atoms with Crippen molar-refractivity contribution in [3.63, 3.8) is 0 Å². The van der Waals surface area contributed by atoms with Crippen molar-refractivity contribution in [2.75, 3.05) is 20.1 Å². The molecule has 1 fully saturated rings. The van der Waals surface area contributed by atoms with E-state index >= 15 is 0 Å². The van der Waals surface area contributed by atoms with E-state index in [0.717, 1.165) is 47.0 Å². The highest BCUT2D eigenvalue weighted by molar-refractivity contribution is 7.89. The maximum Gasteiger partial charge on any atom is 0.267 e. The predicted molar refractivity (Wildman–Crippen MR) is 146 cm³/mol. The van der Waals surface area contributed by atoms with E-state index < -0.39 is 15.9 Å². The zero-order valence-corrected chi connectivity index (χ0v) is 22.3. The Labute approximate surface area is 226 Å². The van der Waals surface area contributed by atoms with Gasteiger partial charge in [-0.2, -0.15) is 5.10 Å². The number of hydrazine groups is 1. The number of rotatable bonds is 7. The lowest BCUT2D eigenvalue weighted by molar-refractivity contribution is 0.0893. The fraction of sp³-hybridized carbons (Fsp3) is 0.222. The van der Waals surface area contributed by atoms with Crippen molar-refractivity contribution in [2.24, 2.45) is 0 Å². The molecule has 0 spiro atoms. The summed E-state index contributed by atoms with van der Waals surface area (Å²) in [7, 11) is -2.80. The average Bonchev–Trinajstić information content (AvgIpc) is 3.44. The third kappa shape index (κ3) is 5.48. The first-order valence-electron chi connectivity index (χ1n) is 12.2. The molecule has 2 aromatic heterocycles. The molecule has 0 atom stereocenters. The molecule has 4 aromatic rings. The van der Waals surface area contributed by atoms with Crippen LogP contribution in [0, 0.1) is 0 Å². The molecule has 1 aliphatic heterocycles. The molecular formula is C27H27ClN6O3S. The molecule has 196 valence electrons. The van der Waals surface area contributed by atoms with Gasteiger partial charge in [0.05, 0.1) is 22.8 Å². The molecule has 0 saturated carbocycles. The van der Waals surface area contributed by atoms with Gasteiger partial charge in [-0.15, -0.1) is 4.41 Å². The molecule has 1 aliphatic rings. The van der Waals surface area contributed by atoms with Gasteiger partial charge < -0.3 is 5.32 Å². The molecule has 0 aliphatic carbocycles. The average molecular weight is 551 g/mol. The standard InChI is InChI=1S/C27H27ClN6O3S/c1-33(32-27(35)25-4-2-3-5-26(25)28)38(36,37)24-14-21(15-30-17-24)19-6-8-20(9-7-19)22-16-31-34(18-22)23-10-12-29-13-11-23/h2-9,14-18,23,29H,10-13H2,1H3,(H,32,35). The first-order chi connectivity index (χ1) is 18.3. The van der Waals surface area contributed by atoms with Gasteiger partial charge in [0, 0.05) is 36.8 Å². The second-order valence-electron chi connectivity index (χ2n) is 9.07. The van der Waals surface area contributed by atoms with Gasteiger partial charge in [0.15, 0.2) is 0 Å². The number of amides is 1. The number of sulfonamides is 1. The van der Waals surface area contributed by atoms with E-state index in [2.05, 4.69) is 27.0 Å². The van der Waals surface area contributed by atoms with Crippen LogP contribution in [0.15, 0.2) is 84.3 Å². The van der Waals surface area contributed by atoms with Crippen LogP contribution < -0.4 is 10.7 Å². The molecule has 0 unspecified atom stereocenters. The van der Waals surface area contributed by atoms with Gasteiger partial charge in [-0.25, -0.2) is 8.42 Å². The number of hydrogen-bond donors (Lipinski definition) is 2. The van der Waals surface area contributed by atoms with Gasteiger partial charge in [-0.05, 0) is 55.3 Å². The molecule has 0 radical (unpaired) electrons. The smallest absolute Gasteiger partial charge is 0.267 e. The van der Waals surface area contributed by atoms with Crippen molar-refractivity contribution < 1.29 is 13.2 Å². The molecule has 1 saturated heterocycles. The fourth-order valence-electron chi connectivity index (χ4n) is 4.40. The molecule has 5 rings (SSSR count). The number of carbonyl (C=O) groups excluding carboxylic acids is 1. The van der Waals surface area contributed by atoms with Gasteiger partial charge >= 0.3 is 0 Å². The Kier molecular flexibility index (Phi) is 7.57. The van der Waals surface area contributed by atoms with Gasteiger partial charge in [0.2, 0.25) is 0 Å². The van der Waals surface area contributed by atoms with Crippen molar-refractivity contribution in [1.82, 2.24) is 29.9 Å². The minimum Gasteiger partial charge on any atom is -0.317 e. The third-order valence-electron chi connectivity index (χ3n) is 6.58. The van der Waals surface area contributed by atoms with E-state index in [0.29, 0.717) is 11.6 Å². The molecule has 2 aromatic carbocycles. The number of halogens is 1. The Bertz CT molecular complexity index is 1550. The number of nitrogens with zero attached hydrogens (tertiary/aromatic N) is 4. The summed E-state index contributed by atoms with van der Waals surface area (Å²) in [4.78, 5) is 16.6. The second-order valence-corrected chi connectivity index (χ2v) is 11.4. The zero-order valence-electron chi connectivity index (χ0n) is 20.7. The highest BCUT2D eigenvalue weighted by Crippen LogP contribution is 2.28. The van der Waals surface area contributed by atoms with E-state index in [4.69, 9.17) is 11.6 Å². The summed E-state index contributed by atoms with van der Waals surface area (Å²) in [5, 5.41) is 8.16. The van der Waals surface area contributed by atoms with Crippen molar-refractivity contribution in [1.29, 1.82) is 0 Å². The second kappa shape index (κ2) is 11.0. The summed E-state index contributed by atoms with van der Waals surface area (Å²) in [5.41, 5.74) is 6.03. The Morgan fingerprint density at radius 3 is 2.39 bits per heavy atom. The Morgan fingerprint density at radius 2 is 1.68 bits per heavy atom. The number of pyridine rings is 1. The van der Waals surface area contributed by atoms with Gasteiger partial charge in [-0.3, -0.25) is 19.9 Å². The lowest BCUT2D eigenvalue weighted by Gasteiger charge is -2.22. The van der Waals surface area contributed by atoms with Crippen molar-refractivity contribution >= 4 is 27.5 Å². The number of nitrogens with one attached hydrogen (secondary N) is 2. The Morgan fingerprint density at radius 1 is 1.00 bits per heavy atom. The summed E-state index contributed by atoms with van der Waals surface area (Å²) in [5.74, 6) is -0.634. The van der Waals surface area contributed by atoms with Crippen LogP contribution in [-0.4, -0.2) is 53.6 Å². The van der Waals surface area contributed by atoms with Crippen LogP contribution in [0.4, 0.5) is 0 Å². The molecule has 3 heterocycles. The maximum absolute atomic E-state index is 13.2. The number of piperidine rings is 1. The predicted octanol–water partition coefficient (Wildman–Crippen LogP) is 4.16. The SMILES string of the molecule is CN(NC(=O)c1ccccc1Cl)S(=O)(=O)c1cncc(-c2ccc(-c3cnn(C4CCNCC4)c3)cc2)c1. The molecule has 9 nitrogen and oxygen atoms in total. The van der Waals surface area contributed by atoms with Crippen molar-refractivity contribution in [3.05, 3.63) is 90.0 Å². The number of hydrogen-bond acceptors (Lipinski definition) is 6.